The molecule has 4 rings (SSSR count). The summed E-state index contributed by atoms with van der Waals surface area (Å²) in [5.41, 5.74) is 5.86. The van der Waals surface area contributed by atoms with Gasteiger partial charge in [0.15, 0.2) is 0 Å². The van der Waals surface area contributed by atoms with E-state index in [1.165, 1.54) is 11.3 Å². The fraction of sp³-hybridized carbons (Fsp3) is 0.211. The van der Waals surface area contributed by atoms with E-state index in [0.29, 0.717) is 11.4 Å². The summed E-state index contributed by atoms with van der Waals surface area (Å²) in [6, 6.07) is 10.1. The molecule has 1 N–H and O–H groups in total. The Morgan fingerprint density at radius 3 is 3.08 bits per heavy atom. The molecular formula is C19H17N3O2S. The largest absolute Gasteiger partial charge is 0.487 e. The van der Waals surface area contributed by atoms with E-state index in [9.17, 15) is 4.79 Å². The highest BCUT2D eigenvalue weighted by Crippen LogP contribution is 2.38. The number of thiazole rings is 1. The molecule has 3 aromatic rings. The van der Waals surface area contributed by atoms with Gasteiger partial charge < -0.3 is 10.1 Å². The zero-order valence-corrected chi connectivity index (χ0v) is 14.5. The Bertz CT molecular complexity index is 909. The number of rotatable bonds is 4. The van der Waals surface area contributed by atoms with E-state index in [2.05, 4.69) is 21.4 Å². The molecule has 1 atom stereocenters. The maximum atomic E-state index is 12.1. The van der Waals surface area contributed by atoms with Crippen molar-refractivity contribution in [2.24, 2.45) is 0 Å². The number of carbonyl (C=O) groups excluding carboxylic acids is 1. The lowest BCUT2D eigenvalue weighted by Gasteiger charge is -2.13. The van der Waals surface area contributed by atoms with Crippen molar-refractivity contribution in [3.63, 3.8) is 0 Å². The first-order chi connectivity index (χ1) is 12.2. The Kier molecular flexibility index (Phi) is 4.19. The van der Waals surface area contributed by atoms with E-state index in [1.807, 2.05) is 31.2 Å². The van der Waals surface area contributed by atoms with Gasteiger partial charge in [0.1, 0.15) is 16.7 Å². The van der Waals surface area contributed by atoms with Gasteiger partial charge in [-0.2, -0.15) is 0 Å². The van der Waals surface area contributed by atoms with Gasteiger partial charge in [0.05, 0.1) is 23.9 Å². The molecule has 1 aromatic carbocycles. The average molecular weight is 351 g/mol. The van der Waals surface area contributed by atoms with Gasteiger partial charge in [-0.15, -0.1) is 11.3 Å². The van der Waals surface area contributed by atoms with Gasteiger partial charge in [-0.25, -0.2) is 0 Å². The first-order valence-electron chi connectivity index (χ1n) is 8.09. The van der Waals surface area contributed by atoms with Crippen LogP contribution in [0.4, 0.5) is 0 Å². The molecule has 0 saturated heterocycles. The van der Waals surface area contributed by atoms with Crippen LogP contribution in [0.15, 0.2) is 48.2 Å². The molecular weight excluding hydrogens is 334 g/mol. The van der Waals surface area contributed by atoms with Gasteiger partial charge in [0.2, 0.25) is 0 Å². The van der Waals surface area contributed by atoms with E-state index < -0.39 is 0 Å². The zero-order valence-electron chi connectivity index (χ0n) is 13.7. The Morgan fingerprint density at radius 1 is 1.36 bits per heavy atom. The molecule has 126 valence electrons. The summed E-state index contributed by atoms with van der Waals surface area (Å²) in [7, 11) is 0. The number of aromatic nitrogens is 2. The highest BCUT2D eigenvalue weighted by Gasteiger charge is 2.27. The van der Waals surface area contributed by atoms with Gasteiger partial charge >= 0.3 is 0 Å². The average Bonchev–Trinajstić information content (AvgIpc) is 3.29. The monoisotopic (exact) mass is 351 g/mol. The zero-order chi connectivity index (χ0) is 17.2. The molecule has 0 saturated carbocycles. The Labute approximate surface area is 149 Å². The molecule has 1 unspecified atom stereocenters. The smallest absolute Gasteiger partial charge is 0.263 e. The first-order valence-corrected chi connectivity index (χ1v) is 8.97. The maximum absolute atomic E-state index is 12.1. The van der Waals surface area contributed by atoms with Crippen molar-refractivity contribution < 1.29 is 9.53 Å². The Morgan fingerprint density at radius 2 is 2.28 bits per heavy atom. The minimum atomic E-state index is -0.108. The van der Waals surface area contributed by atoms with Crippen LogP contribution in [0.2, 0.25) is 0 Å². The topological polar surface area (TPSA) is 64.1 Å². The van der Waals surface area contributed by atoms with Crippen LogP contribution < -0.4 is 10.1 Å². The number of para-hydroxylation sites is 1. The Hall–Kier alpha value is -2.73. The highest BCUT2D eigenvalue weighted by molar-refractivity contribution is 7.11. The number of nitrogens with zero attached hydrogens (tertiary/aromatic N) is 2. The van der Waals surface area contributed by atoms with E-state index >= 15 is 0 Å². The molecule has 1 aliphatic heterocycles. The predicted octanol–water partition coefficient (Wildman–Crippen LogP) is 3.25. The second kappa shape index (κ2) is 6.64. The number of ether oxygens (including phenoxy) is 1. The summed E-state index contributed by atoms with van der Waals surface area (Å²) >= 11 is 1.33. The number of fused-ring (bicyclic) bond motifs is 1. The molecule has 5 nitrogen and oxygen atoms in total. The first kappa shape index (κ1) is 15.8. The maximum Gasteiger partial charge on any atom is 0.263 e. The van der Waals surface area contributed by atoms with Crippen molar-refractivity contribution >= 4 is 17.2 Å². The van der Waals surface area contributed by atoms with E-state index in [4.69, 9.17) is 4.74 Å². The van der Waals surface area contributed by atoms with Gasteiger partial charge in [0, 0.05) is 18.2 Å². The quantitative estimate of drug-likeness (QED) is 0.784. The van der Waals surface area contributed by atoms with Gasteiger partial charge in [0.25, 0.3) is 5.91 Å². The summed E-state index contributed by atoms with van der Waals surface area (Å²) in [4.78, 5) is 21.1. The predicted molar refractivity (Wildman–Crippen MR) is 97.0 cm³/mol. The lowest BCUT2D eigenvalue weighted by atomic mass is 10.0. The number of benzene rings is 1. The third-order valence-corrected chi connectivity index (χ3v) is 5.01. The minimum absolute atomic E-state index is 0.0722. The molecule has 0 fully saturated rings. The van der Waals surface area contributed by atoms with Crippen molar-refractivity contribution in [3.05, 3.63) is 64.2 Å². The second-order valence-corrected chi connectivity index (χ2v) is 6.87. The standard InChI is InChI=1S/C19H17N3O2S/c1-12-4-3-7-21-17(12)15-6-2-5-13-8-14(24-18(13)15)9-22-19(23)16-10-20-11-25-16/h2-7,10-11,14H,8-9H2,1H3,(H,22,23). The van der Waals surface area contributed by atoms with Crippen LogP contribution >= 0.6 is 11.3 Å². The number of pyridine rings is 1. The fourth-order valence-corrected chi connectivity index (χ4v) is 3.56. The molecule has 1 amide bonds. The molecule has 1 aliphatic rings. The number of hydrogen-bond donors (Lipinski definition) is 1. The van der Waals surface area contributed by atoms with Crippen LogP contribution in [0.1, 0.15) is 20.8 Å². The van der Waals surface area contributed by atoms with E-state index in [0.717, 1.165) is 34.6 Å². The number of aryl methyl sites for hydroxylation is 1. The van der Waals surface area contributed by atoms with Crippen molar-refractivity contribution in [1.29, 1.82) is 0 Å². The molecule has 0 aliphatic carbocycles. The molecule has 0 bridgehead atoms. The second-order valence-electron chi connectivity index (χ2n) is 5.98. The van der Waals surface area contributed by atoms with Crippen LogP contribution in [0.3, 0.4) is 0 Å². The fourth-order valence-electron chi connectivity index (χ4n) is 3.03. The van der Waals surface area contributed by atoms with Crippen molar-refractivity contribution in [3.8, 4) is 17.0 Å². The van der Waals surface area contributed by atoms with Gasteiger partial charge in [-0.05, 0) is 30.2 Å². The summed E-state index contributed by atoms with van der Waals surface area (Å²) in [5, 5.41) is 2.92. The summed E-state index contributed by atoms with van der Waals surface area (Å²) in [6.45, 7) is 2.51. The summed E-state index contributed by atoms with van der Waals surface area (Å²) < 4.78 is 6.15. The molecule has 25 heavy (non-hydrogen) atoms. The van der Waals surface area contributed by atoms with Gasteiger partial charge in [-0.1, -0.05) is 18.2 Å². The van der Waals surface area contributed by atoms with Crippen molar-refractivity contribution in [2.75, 3.05) is 6.54 Å². The third-order valence-electron chi connectivity index (χ3n) is 4.24. The molecule has 3 heterocycles. The number of nitrogens with one attached hydrogen (secondary N) is 1. The minimum Gasteiger partial charge on any atom is -0.487 e. The third kappa shape index (κ3) is 3.13. The Balaban J connectivity index is 1.50. The van der Waals surface area contributed by atoms with Crippen LogP contribution in [-0.4, -0.2) is 28.5 Å². The number of amides is 1. The lowest BCUT2D eigenvalue weighted by molar-refractivity contribution is 0.0937. The van der Waals surface area contributed by atoms with Gasteiger partial charge in [-0.3, -0.25) is 14.8 Å². The van der Waals surface area contributed by atoms with Crippen LogP contribution in [0.5, 0.6) is 5.75 Å². The summed E-state index contributed by atoms with van der Waals surface area (Å²) in [6.07, 6.45) is 4.07. The van der Waals surface area contributed by atoms with E-state index in [1.54, 1.807) is 17.9 Å². The highest BCUT2D eigenvalue weighted by atomic mass is 32.1. The molecule has 6 heteroatoms. The van der Waals surface area contributed by atoms with E-state index in [-0.39, 0.29) is 12.0 Å². The van der Waals surface area contributed by atoms with Crippen molar-refractivity contribution in [1.82, 2.24) is 15.3 Å². The molecule has 0 spiro atoms. The number of carbonyl (C=O) groups is 1. The normalized spacial score (nSPS) is 15.5. The number of hydrogen-bond acceptors (Lipinski definition) is 5. The SMILES string of the molecule is Cc1cccnc1-c1cccc2c1OC(CNC(=O)c1cncs1)C2. The van der Waals surface area contributed by atoms with Crippen LogP contribution in [0.25, 0.3) is 11.3 Å². The van der Waals surface area contributed by atoms with Crippen LogP contribution in [0, 0.1) is 6.92 Å². The lowest BCUT2D eigenvalue weighted by Crippen LogP contribution is -2.34. The molecule has 0 radical (unpaired) electrons. The van der Waals surface area contributed by atoms with Crippen molar-refractivity contribution in [2.45, 2.75) is 19.4 Å². The van der Waals surface area contributed by atoms with Crippen LogP contribution in [-0.2, 0) is 6.42 Å². The summed E-state index contributed by atoms with van der Waals surface area (Å²) in [5.74, 6) is 0.768. The molecule has 2 aromatic heterocycles.